The lowest BCUT2D eigenvalue weighted by molar-refractivity contribution is -0.121. The van der Waals surface area contributed by atoms with Gasteiger partial charge in [0.1, 0.15) is 5.16 Å². The number of hydrazine groups is 1. The predicted octanol–water partition coefficient (Wildman–Crippen LogP) is 0.0911. The summed E-state index contributed by atoms with van der Waals surface area (Å²) in [6.45, 7) is 0. The summed E-state index contributed by atoms with van der Waals surface area (Å²) >= 11 is 5.42. The number of amides is 1. The molecule has 1 rings (SSSR count). The maximum absolute atomic E-state index is 10.3. The van der Waals surface area contributed by atoms with Crippen LogP contribution >= 0.6 is 11.6 Å². The largest absolute Gasteiger partial charge is 0.288 e. The Kier molecular flexibility index (Phi) is 1.39. The second-order valence-electron chi connectivity index (χ2n) is 1.43. The van der Waals surface area contributed by atoms with Crippen molar-refractivity contribution < 1.29 is 4.79 Å². The van der Waals surface area contributed by atoms with E-state index in [1.165, 1.54) is 0 Å². The number of hydrogen-bond donors (Lipinski definition) is 2. The van der Waals surface area contributed by atoms with Crippen LogP contribution in [0.5, 0.6) is 0 Å². The van der Waals surface area contributed by atoms with Crippen molar-refractivity contribution in [3.05, 3.63) is 11.2 Å². The van der Waals surface area contributed by atoms with Crippen molar-refractivity contribution in [3.63, 3.8) is 0 Å². The number of hydrogen-bond acceptors (Lipinski definition) is 2. The second kappa shape index (κ2) is 2.05. The molecule has 0 aromatic carbocycles. The summed E-state index contributed by atoms with van der Waals surface area (Å²) in [6.07, 6.45) is 1.98. The van der Waals surface area contributed by atoms with Crippen LogP contribution in [0.1, 0.15) is 6.42 Å². The monoisotopic (exact) mass is 132 g/mol. The molecule has 1 aliphatic rings. The first-order chi connectivity index (χ1) is 3.79. The summed E-state index contributed by atoms with van der Waals surface area (Å²) in [6, 6.07) is 0. The molecule has 1 heterocycles. The van der Waals surface area contributed by atoms with E-state index in [1.54, 1.807) is 6.08 Å². The second-order valence-corrected chi connectivity index (χ2v) is 1.84. The van der Waals surface area contributed by atoms with Gasteiger partial charge in [-0.25, -0.2) is 0 Å². The Hall–Kier alpha value is -0.700. The van der Waals surface area contributed by atoms with E-state index in [0.29, 0.717) is 11.6 Å². The van der Waals surface area contributed by atoms with Crippen LogP contribution in [0.2, 0.25) is 0 Å². The van der Waals surface area contributed by atoms with Crippen LogP contribution in [0.15, 0.2) is 11.2 Å². The first-order valence-corrected chi connectivity index (χ1v) is 2.57. The molecule has 44 valence electrons. The Morgan fingerprint density at radius 3 is 2.75 bits per heavy atom. The van der Waals surface area contributed by atoms with Gasteiger partial charge in [0.2, 0.25) is 5.91 Å². The first kappa shape index (κ1) is 5.44. The lowest BCUT2D eigenvalue weighted by Crippen LogP contribution is -2.38. The topological polar surface area (TPSA) is 41.1 Å². The van der Waals surface area contributed by atoms with E-state index >= 15 is 0 Å². The zero-order chi connectivity index (χ0) is 5.98. The number of nitrogens with one attached hydrogen (secondary N) is 2. The van der Waals surface area contributed by atoms with Gasteiger partial charge in [-0.15, -0.1) is 0 Å². The van der Waals surface area contributed by atoms with Crippen LogP contribution in [0.25, 0.3) is 0 Å². The maximum atomic E-state index is 10.3. The van der Waals surface area contributed by atoms with Gasteiger partial charge in [-0.05, 0) is 6.08 Å². The Morgan fingerprint density at radius 1 is 1.62 bits per heavy atom. The Balaban J connectivity index is 2.55. The van der Waals surface area contributed by atoms with Gasteiger partial charge in [0, 0.05) is 6.42 Å². The Labute approximate surface area is 51.7 Å². The molecule has 1 aliphatic heterocycles. The van der Waals surface area contributed by atoms with E-state index in [0.717, 1.165) is 0 Å². The molecule has 1 amide bonds. The van der Waals surface area contributed by atoms with Gasteiger partial charge < -0.3 is 0 Å². The third kappa shape index (κ3) is 1.13. The summed E-state index contributed by atoms with van der Waals surface area (Å²) in [5, 5.41) is 0.476. The lowest BCUT2D eigenvalue weighted by atomic mass is 10.4. The quantitative estimate of drug-likeness (QED) is 0.459. The van der Waals surface area contributed by atoms with E-state index in [9.17, 15) is 4.79 Å². The molecule has 0 aliphatic carbocycles. The SMILES string of the molecule is O=C1CC=C(Cl)NN1. The van der Waals surface area contributed by atoms with E-state index in [4.69, 9.17) is 11.6 Å². The van der Waals surface area contributed by atoms with E-state index < -0.39 is 0 Å². The predicted molar refractivity (Wildman–Crippen MR) is 29.8 cm³/mol. The van der Waals surface area contributed by atoms with Crippen LogP contribution in [-0.4, -0.2) is 5.91 Å². The minimum atomic E-state index is -0.0607. The van der Waals surface area contributed by atoms with Gasteiger partial charge in [0.15, 0.2) is 0 Å². The molecule has 0 radical (unpaired) electrons. The van der Waals surface area contributed by atoms with Gasteiger partial charge in [0.05, 0.1) is 0 Å². The van der Waals surface area contributed by atoms with Crippen molar-refractivity contribution >= 4 is 17.5 Å². The summed E-state index contributed by atoms with van der Waals surface area (Å²) in [4.78, 5) is 10.3. The third-order valence-corrected chi connectivity index (χ3v) is 1.04. The van der Waals surface area contributed by atoms with Crippen molar-refractivity contribution in [2.45, 2.75) is 6.42 Å². The summed E-state index contributed by atoms with van der Waals surface area (Å²) in [7, 11) is 0. The molecule has 8 heavy (non-hydrogen) atoms. The number of rotatable bonds is 0. The highest BCUT2D eigenvalue weighted by Crippen LogP contribution is 1.99. The van der Waals surface area contributed by atoms with Gasteiger partial charge in [-0.1, -0.05) is 11.6 Å². The molecule has 0 saturated carbocycles. The van der Waals surface area contributed by atoms with E-state index in [2.05, 4.69) is 10.9 Å². The number of carbonyl (C=O) groups excluding carboxylic acids is 1. The van der Waals surface area contributed by atoms with Crippen LogP contribution in [0.4, 0.5) is 0 Å². The van der Waals surface area contributed by atoms with Crippen LogP contribution in [-0.2, 0) is 4.79 Å². The zero-order valence-corrected chi connectivity index (χ0v) is 4.83. The van der Waals surface area contributed by atoms with Crippen LogP contribution in [0, 0.1) is 0 Å². The lowest BCUT2D eigenvalue weighted by Gasteiger charge is -2.09. The fourth-order valence-electron chi connectivity index (χ4n) is 0.414. The van der Waals surface area contributed by atoms with Gasteiger partial charge in [0.25, 0.3) is 0 Å². The van der Waals surface area contributed by atoms with E-state index in [-0.39, 0.29) is 5.91 Å². The normalized spacial score (nSPS) is 18.6. The van der Waals surface area contributed by atoms with Gasteiger partial charge >= 0.3 is 0 Å². The Morgan fingerprint density at radius 2 is 2.38 bits per heavy atom. The number of carbonyl (C=O) groups is 1. The molecule has 0 spiro atoms. The molecule has 0 aromatic heterocycles. The fourth-order valence-corrected chi connectivity index (χ4v) is 0.538. The molecule has 0 bridgehead atoms. The molecule has 0 aromatic rings. The highest BCUT2D eigenvalue weighted by Gasteiger charge is 2.03. The molecule has 0 saturated heterocycles. The van der Waals surface area contributed by atoms with Crippen LogP contribution in [0.3, 0.4) is 0 Å². The minimum Gasteiger partial charge on any atom is -0.288 e. The molecule has 4 heteroatoms. The first-order valence-electron chi connectivity index (χ1n) is 2.19. The summed E-state index contributed by atoms with van der Waals surface area (Å²) in [5.41, 5.74) is 4.80. The highest BCUT2D eigenvalue weighted by atomic mass is 35.5. The van der Waals surface area contributed by atoms with Gasteiger partial charge in [-0.3, -0.25) is 15.6 Å². The molecule has 3 nitrogen and oxygen atoms in total. The Bertz CT molecular complexity index is 143. The molecular formula is C4H5ClN2O. The van der Waals surface area contributed by atoms with Crippen molar-refractivity contribution in [2.75, 3.05) is 0 Å². The molecule has 2 N–H and O–H groups in total. The summed E-state index contributed by atoms with van der Waals surface area (Å²) in [5.74, 6) is -0.0607. The standard InChI is InChI=1S/C4H5ClN2O/c5-3-1-2-4(8)7-6-3/h1,6H,2H2,(H,7,8). The van der Waals surface area contributed by atoms with Crippen LogP contribution < -0.4 is 10.9 Å². The molecule has 0 atom stereocenters. The highest BCUT2D eigenvalue weighted by molar-refractivity contribution is 6.29. The fraction of sp³-hybridized carbons (Fsp3) is 0.250. The smallest absolute Gasteiger partial charge is 0.242 e. The van der Waals surface area contributed by atoms with Crippen molar-refractivity contribution in [1.82, 2.24) is 10.9 Å². The summed E-state index contributed by atoms with van der Waals surface area (Å²) < 4.78 is 0. The average Bonchev–Trinajstić information content (AvgIpc) is 1.77. The third-order valence-electron chi connectivity index (χ3n) is 0.788. The maximum Gasteiger partial charge on any atom is 0.242 e. The average molecular weight is 133 g/mol. The molecular weight excluding hydrogens is 128 g/mol. The van der Waals surface area contributed by atoms with Crippen molar-refractivity contribution in [3.8, 4) is 0 Å². The van der Waals surface area contributed by atoms with Gasteiger partial charge in [-0.2, -0.15) is 0 Å². The number of halogens is 1. The van der Waals surface area contributed by atoms with E-state index in [1.807, 2.05) is 0 Å². The zero-order valence-electron chi connectivity index (χ0n) is 4.07. The molecule has 0 unspecified atom stereocenters. The van der Waals surface area contributed by atoms with Crippen molar-refractivity contribution in [1.29, 1.82) is 0 Å². The van der Waals surface area contributed by atoms with Crippen molar-refractivity contribution in [2.24, 2.45) is 0 Å². The minimum absolute atomic E-state index is 0.0607. The molecule has 0 fully saturated rings.